The van der Waals surface area contributed by atoms with Gasteiger partial charge in [0.2, 0.25) is 5.78 Å². The summed E-state index contributed by atoms with van der Waals surface area (Å²) in [4.78, 5) is 11.5. The van der Waals surface area contributed by atoms with Crippen LogP contribution in [0.5, 0.6) is 0 Å². The maximum absolute atomic E-state index is 11.5. The molecule has 0 amide bonds. The third-order valence-corrected chi connectivity index (χ3v) is 2.36. The molecular weight excluding hydrogens is 204 g/mol. The Hall–Kier alpha value is -0.850. The summed E-state index contributed by atoms with van der Waals surface area (Å²) in [6.45, 7) is 6.60. The smallest absolute Gasteiger partial charge is 0.210 e. The summed E-state index contributed by atoms with van der Waals surface area (Å²) >= 11 is 0. The van der Waals surface area contributed by atoms with Crippen LogP contribution in [0.4, 0.5) is 0 Å². The molecule has 0 aromatic heterocycles. The van der Waals surface area contributed by atoms with Gasteiger partial charge in [-0.3, -0.25) is 4.79 Å². The SMILES string of the molecule is CC(C)(C)C(=O)C#CCOC1CCCCO1. The largest absolute Gasteiger partial charge is 0.353 e. The fourth-order valence-electron chi connectivity index (χ4n) is 1.28. The van der Waals surface area contributed by atoms with Crippen LogP contribution in [0.25, 0.3) is 0 Å². The third-order valence-electron chi connectivity index (χ3n) is 2.36. The molecule has 0 bridgehead atoms. The van der Waals surface area contributed by atoms with Crippen molar-refractivity contribution in [1.29, 1.82) is 0 Å². The van der Waals surface area contributed by atoms with Crippen LogP contribution < -0.4 is 0 Å². The van der Waals surface area contributed by atoms with Crippen molar-refractivity contribution >= 4 is 5.78 Å². The van der Waals surface area contributed by atoms with Gasteiger partial charge in [-0.05, 0) is 25.2 Å². The minimum Gasteiger partial charge on any atom is -0.353 e. The number of ether oxygens (including phenoxy) is 2. The maximum Gasteiger partial charge on any atom is 0.210 e. The molecule has 0 aromatic carbocycles. The fraction of sp³-hybridized carbons (Fsp3) is 0.769. The van der Waals surface area contributed by atoms with Crippen molar-refractivity contribution < 1.29 is 14.3 Å². The zero-order chi connectivity index (χ0) is 12.0. The van der Waals surface area contributed by atoms with Crippen molar-refractivity contribution in [2.75, 3.05) is 13.2 Å². The molecule has 16 heavy (non-hydrogen) atoms. The summed E-state index contributed by atoms with van der Waals surface area (Å²) < 4.78 is 10.8. The van der Waals surface area contributed by atoms with Crippen LogP contribution in [0.15, 0.2) is 0 Å². The molecule has 90 valence electrons. The van der Waals surface area contributed by atoms with E-state index >= 15 is 0 Å². The second-order valence-corrected chi connectivity index (χ2v) is 4.99. The van der Waals surface area contributed by atoms with E-state index in [9.17, 15) is 4.79 Å². The predicted molar refractivity (Wildman–Crippen MR) is 61.8 cm³/mol. The first kappa shape index (κ1) is 13.2. The lowest BCUT2D eigenvalue weighted by molar-refractivity contribution is -0.154. The highest BCUT2D eigenvalue weighted by molar-refractivity contribution is 5.99. The van der Waals surface area contributed by atoms with Gasteiger partial charge in [0.1, 0.15) is 6.61 Å². The second-order valence-electron chi connectivity index (χ2n) is 4.99. The van der Waals surface area contributed by atoms with Gasteiger partial charge in [0.15, 0.2) is 6.29 Å². The Balaban J connectivity index is 2.24. The minimum absolute atomic E-state index is 0.0549. The summed E-state index contributed by atoms with van der Waals surface area (Å²) in [5.74, 6) is 5.27. The summed E-state index contributed by atoms with van der Waals surface area (Å²) in [6, 6.07) is 0. The number of carbonyl (C=O) groups is 1. The van der Waals surface area contributed by atoms with Crippen LogP contribution in [-0.2, 0) is 14.3 Å². The molecule has 3 nitrogen and oxygen atoms in total. The Morgan fingerprint density at radius 3 is 2.75 bits per heavy atom. The standard InChI is InChI=1S/C13H20O3/c1-13(2,3)11(14)7-6-10-16-12-8-4-5-9-15-12/h12H,4-5,8-10H2,1-3H3. The predicted octanol–water partition coefficient (Wildman–Crippen LogP) is 2.15. The topological polar surface area (TPSA) is 35.5 Å². The first-order valence-electron chi connectivity index (χ1n) is 5.76. The van der Waals surface area contributed by atoms with Crippen LogP contribution in [0.2, 0.25) is 0 Å². The molecule has 0 aliphatic carbocycles. The van der Waals surface area contributed by atoms with Gasteiger partial charge >= 0.3 is 0 Å². The van der Waals surface area contributed by atoms with Crippen molar-refractivity contribution in [3.8, 4) is 11.8 Å². The molecule has 1 unspecified atom stereocenters. The lowest BCUT2D eigenvalue weighted by Gasteiger charge is -2.21. The van der Waals surface area contributed by atoms with E-state index in [1.165, 1.54) is 0 Å². The van der Waals surface area contributed by atoms with Crippen LogP contribution in [0.1, 0.15) is 40.0 Å². The number of rotatable bonds is 2. The van der Waals surface area contributed by atoms with Crippen molar-refractivity contribution in [3.05, 3.63) is 0 Å². The third kappa shape index (κ3) is 4.78. The molecule has 1 aliphatic rings. The van der Waals surface area contributed by atoms with Gasteiger partial charge in [-0.15, -0.1) is 0 Å². The van der Waals surface area contributed by atoms with Crippen LogP contribution in [-0.4, -0.2) is 25.3 Å². The molecule has 1 heterocycles. The van der Waals surface area contributed by atoms with Crippen LogP contribution in [0, 0.1) is 17.3 Å². The van der Waals surface area contributed by atoms with Gasteiger partial charge in [-0.2, -0.15) is 0 Å². The van der Waals surface area contributed by atoms with E-state index in [0.717, 1.165) is 25.9 Å². The number of Topliss-reactive ketones (excluding diaryl/α,β-unsaturated/α-hetero) is 1. The summed E-state index contributed by atoms with van der Waals surface area (Å²) in [7, 11) is 0. The Labute approximate surface area is 97.5 Å². The van der Waals surface area contributed by atoms with Gasteiger partial charge in [0.25, 0.3) is 0 Å². The van der Waals surface area contributed by atoms with Crippen LogP contribution in [0.3, 0.4) is 0 Å². The second kappa shape index (κ2) is 6.03. The van der Waals surface area contributed by atoms with E-state index in [2.05, 4.69) is 11.8 Å². The number of ketones is 1. The molecule has 0 aromatic rings. The molecule has 0 spiro atoms. The van der Waals surface area contributed by atoms with E-state index in [1.54, 1.807) is 0 Å². The highest BCUT2D eigenvalue weighted by Crippen LogP contribution is 2.14. The Kier molecular flexibility index (Phi) is 4.98. The molecule has 3 heteroatoms. The Morgan fingerprint density at radius 2 is 2.19 bits per heavy atom. The van der Waals surface area contributed by atoms with E-state index in [0.29, 0.717) is 0 Å². The van der Waals surface area contributed by atoms with Crippen LogP contribution >= 0.6 is 0 Å². The molecule has 0 radical (unpaired) electrons. The van der Waals surface area contributed by atoms with E-state index in [1.807, 2.05) is 20.8 Å². The highest BCUT2D eigenvalue weighted by atomic mass is 16.7. The van der Waals surface area contributed by atoms with E-state index in [-0.39, 0.29) is 18.7 Å². The lowest BCUT2D eigenvalue weighted by Crippen LogP contribution is -2.22. The maximum atomic E-state index is 11.5. The first-order chi connectivity index (χ1) is 7.50. The minimum atomic E-state index is -0.395. The van der Waals surface area contributed by atoms with Crippen molar-refractivity contribution in [1.82, 2.24) is 0 Å². The van der Waals surface area contributed by atoms with Crippen molar-refractivity contribution in [2.24, 2.45) is 5.41 Å². The van der Waals surface area contributed by atoms with Gasteiger partial charge in [0.05, 0.1) is 0 Å². The molecular formula is C13H20O3. The zero-order valence-corrected chi connectivity index (χ0v) is 10.3. The average molecular weight is 224 g/mol. The number of hydrogen-bond acceptors (Lipinski definition) is 3. The monoisotopic (exact) mass is 224 g/mol. The zero-order valence-electron chi connectivity index (χ0n) is 10.3. The normalized spacial score (nSPS) is 21.1. The van der Waals surface area contributed by atoms with Crippen molar-refractivity contribution in [3.63, 3.8) is 0 Å². The molecule has 1 fully saturated rings. The Morgan fingerprint density at radius 1 is 1.44 bits per heavy atom. The van der Waals surface area contributed by atoms with E-state index < -0.39 is 5.41 Å². The van der Waals surface area contributed by atoms with Gasteiger partial charge in [-0.1, -0.05) is 26.7 Å². The number of hydrogen-bond donors (Lipinski definition) is 0. The lowest BCUT2D eigenvalue weighted by atomic mass is 9.91. The van der Waals surface area contributed by atoms with E-state index in [4.69, 9.17) is 9.47 Å². The summed E-state index contributed by atoms with van der Waals surface area (Å²) in [5.41, 5.74) is -0.395. The first-order valence-corrected chi connectivity index (χ1v) is 5.76. The molecule has 1 aliphatic heterocycles. The summed E-state index contributed by atoms with van der Waals surface area (Å²) in [6.07, 6.45) is 3.04. The van der Waals surface area contributed by atoms with Crippen molar-refractivity contribution in [2.45, 2.75) is 46.3 Å². The quantitative estimate of drug-likeness (QED) is 0.532. The van der Waals surface area contributed by atoms with Gasteiger partial charge < -0.3 is 9.47 Å². The van der Waals surface area contributed by atoms with Gasteiger partial charge in [0, 0.05) is 12.0 Å². The molecule has 1 atom stereocenters. The molecule has 0 N–H and O–H groups in total. The summed E-state index contributed by atoms with van der Waals surface area (Å²) in [5, 5.41) is 0. The molecule has 0 saturated carbocycles. The average Bonchev–Trinajstić information content (AvgIpc) is 2.24. The molecule has 1 rings (SSSR count). The highest BCUT2D eigenvalue weighted by Gasteiger charge is 2.18. The fourth-order valence-corrected chi connectivity index (χ4v) is 1.28. The van der Waals surface area contributed by atoms with Gasteiger partial charge in [-0.25, -0.2) is 0 Å². The Bertz CT molecular complexity index is 285. The molecule has 1 saturated heterocycles. The number of carbonyl (C=O) groups excluding carboxylic acids is 1.